The Morgan fingerprint density at radius 3 is 1.83 bits per heavy atom. The van der Waals surface area contributed by atoms with E-state index in [9.17, 15) is 38.5 Å². The Balaban J connectivity index is 1.84. The van der Waals surface area contributed by atoms with Crippen molar-refractivity contribution in [2.24, 2.45) is 0 Å². The number of carbonyl (C=O) groups excluding carboxylic acids is 1. The summed E-state index contributed by atoms with van der Waals surface area (Å²) in [6.07, 6.45) is -2.68. The normalized spacial score (nSPS) is 12.6. The van der Waals surface area contributed by atoms with Crippen molar-refractivity contribution < 1.29 is 43.6 Å². The number of aliphatic hydroxyl groups excluding tert-OH is 2. The number of aliphatic carboxylic acids is 1. The zero-order valence-corrected chi connectivity index (χ0v) is 25.4. The molecule has 0 radical (unpaired) electrons. The summed E-state index contributed by atoms with van der Waals surface area (Å²) >= 11 is 0. The molecule has 0 aliphatic rings. The molecule has 9 nitrogen and oxygen atoms in total. The average molecular weight is 635 g/mol. The summed E-state index contributed by atoms with van der Waals surface area (Å²) in [5, 5.41) is 41.9. The molecule has 2 atom stereocenters. The Hall–Kier alpha value is -4.87. The minimum atomic E-state index is -1.25. The minimum absolute atomic E-state index is 0.0757. The summed E-state index contributed by atoms with van der Waals surface area (Å²) in [6.45, 7) is 3.83. The molecule has 1 heterocycles. The average Bonchev–Trinajstić information content (AvgIpc) is 3.34. The first-order valence-corrected chi connectivity index (χ1v) is 14.8. The zero-order valence-electron chi connectivity index (χ0n) is 25.4. The Morgan fingerprint density at radius 2 is 1.33 bits per heavy atom. The van der Waals surface area contributed by atoms with Crippen molar-refractivity contribution in [2.45, 2.75) is 64.3 Å². The predicted octanol–water partition coefficient (Wildman–Crippen LogP) is 5.83. The first-order valence-electron chi connectivity index (χ1n) is 14.8. The third-order valence-corrected chi connectivity index (χ3v) is 7.63. The topological polar surface area (TPSA) is 149 Å². The fourth-order valence-corrected chi connectivity index (χ4v) is 5.55. The molecule has 0 fully saturated rings. The molecular formula is C35H36F2N2O7. The van der Waals surface area contributed by atoms with E-state index in [1.807, 2.05) is 18.4 Å². The van der Waals surface area contributed by atoms with E-state index in [4.69, 9.17) is 5.11 Å². The summed E-state index contributed by atoms with van der Waals surface area (Å²) in [5.41, 5.74) is 3.79. The summed E-state index contributed by atoms with van der Waals surface area (Å²) in [4.78, 5) is 36.4. The third-order valence-electron chi connectivity index (χ3n) is 7.63. The van der Waals surface area contributed by atoms with E-state index in [-0.39, 0.29) is 43.1 Å². The van der Waals surface area contributed by atoms with Crippen molar-refractivity contribution in [3.05, 3.63) is 107 Å². The standard InChI is InChI=1S/C35H36F2N2O7/c1-20(2)39-29(16-15-27(40)17-28(41)18-30(42)43)31(22-7-11-25(36)12-8-22)32(23-9-13-26(37)14-10-23)33(39)34(44)38-19-21-3-5-24(6-4-21)35(45)46/h3-14,20,27-28,40-41H,15-19H2,1-2H3,(H,38,44)(H,42,43)(H,45,46)/t27-,28-/m1/s1. The number of rotatable bonds is 14. The van der Waals surface area contributed by atoms with E-state index in [1.165, 1.54) is 36.4 Å². The molecule has 5 N–H and O–H groups in total. The molecule has 0 unspecified atom stereocenters. The maximum Gasteiger partial charge on any atom is 0.335 e. The van der Waals surface area contributed by atoms with Gasteiger partial charge >= 0.3 is 11.9 Å². The summed E-state index contributed by atoms with van der Waals surface area (Å²) in [5.74, 6) is -3.68. The number of aliphatic hydroxyl groups is 2. The van der Waals surface area contributed by atoms with E-state index in [1.54, 1.807) is 36.4 Å². The number of nitrogens with zero attached hydrogens (tertiary/aromatic N) is 1. The van der Waals surface area contributed by atoms with Gasteiger partial charge in [-0.25, -0.2) is 13.6 Å². The van der Waals surface area contributed by atoms with Crippen LogP contribution in [0.15, 0.2) is 72.8 Å². The molecule has 0 spiro atoms. The van der Waals surface area contributed by atoms with Gasteiger partial charge < -0.3 is 30.3 Å². The van der Waals surface area contributed by atoms with Gasteiger partial charge in [-0.3, -0.25) is 9.59 Å². The van der Waals surface area contributed by atoms with Gasteiger partial charge in [0.25, 0.3) is 5.91 Å². The van der Waals surface area contributed by atoms with Crippen molar-refractivity contribution in [1.29, 1.82) is 0 Å². The van der Waals surface area contributed by atoms with Crippen molar-refractivity contribution >= 4 is 17.8 Å². The lowest BCUT2D eigenvalue weighted by Gasteiger charge is -2.20. The van der Waals surface area contributed by atoms with Gasteiger partial charge in [0.1, 0.15) is 17.3 Å². The Kier molecular flexibility index (Phi) is 11.0. The first-order chi connectivity index (χ1) is 21.8. The largest absolute Gasteiger partial charge is 0.481 e. The van der Waals surface area contributed by atoms with E-state index in [0.717, 1.165) is 0 Å². The molecule has 0 saturated carbocycles. The van der Waals surface area contributed by atoms with Crippen LogP contribution in [0, 0.1) is 11.6 Å². The lowest BCUT2D eigenvalue weighted by Crippen LogP contribution is -2.27. The van der Waals surface area contributed by atoms with Crippen LogP contribution in [0.2, 0.25) is 0 Å². The van der Waals surface area contributed by atoms with Crippen LogP contribution in [-0.2, 0) is 17.8 Å². The van der Waals surface area contributed by atoms with Crippen LogP contribution in [0.1, 0.15) is 71.3 Å². The molecule has 4 rings (SSSR count). The van der Waals surface area contributed by atoms with Gasteiger partial charge in [0.2, 0.25) is 0 Å². The lowest BCUT2D eigenvalue weighted by molar-refractivity contribution is -0.139. The van der Waals surface area contributed by atoms with Gasteiger partial charge in [0.05, 0.1) is 24.2 Å². The number of benzene rings is 3. The van der Waals surface area contributed by atoms with Crippen LogP contribution in [0.5, 0.6) is 0 Å². The highest BCUT2D eigenvalue weighted by molar-refractivity contribution is 6.05. The van der Waals surface area contributed by atoms with E-state index in [0.29, 0.717) is 33.5 Å². The van der Waals surface area contributed by atoms with Crippen molar-refractivity contribution in [3.8, 4) is 22.3 Å². The quantitative estimate of drug-likeness (QED) is 0.117. The van der Waals surface area contributed by atoms with Gasteiger partial charge in [0.15, 0.2) is 0 Å². The number of nitrogens with one attached hydrogen (secondary N) is 1. The number of aromatic nitrogens is 1. The predicted molar refractivity (Wildman–Crippen MR) is 167 cm³/mol. The van der Waals surface area contributed by atoms with E-state index >= 15 is 0 Å². The second-order valence-corrected chi connectivity index (χ2v) is 11.4. The van der Waals surface area contributed by atoms with Crippen LogP contribution < -0.4 is 5.32 Å². The van der Waals surface area contributed by atoms with Gasteiger partial charge in [-0.05, 0) is 86.2 Å². The maximum atomic E-state index is 14.1. The number of aromatic carboxylic acids is 1. The highest BCUT2D eigenvalue weighted by atomic mass is 19.1. The molecule has 3 aromatic carbocycles. The number of hydrogen-bond donors (Lipinski definition) is 5. The molecule has 11 heteroatoms. The van der Waals surface area contributed by atoms with Crippen molar-refractivity contribution in [3.63, 3.8) is 0 Å². The van der Waals surface area contributed by atoms with Crippen molar-refractivity contribution in [1.82, 2.24) is 9.88 Å². The van der Waals surface area contributed by atoms with Crippen LogP contribution >= 0.6 is 0 Å². The Bertz CT molecular complexity index is 1680. The molecule has 4 aromatic rings. The molecule has 1 aromatic heterocycles. The van der Waals surface area contributed by atoms with Crippen LogP contribution in [0.3, 0.4) is 0 Å². The van der Waals surface area contributed by atoms with Gasteiger partial charge in [-0.1, -0.05) is 36.4 Å². The number of carboxylic acids is 2. The monoisotopic (exact) mass is 634 g/mol. The lowest BCUT2D eigenvalue weighted by atomic mass is 9.92. The van der Waals surface area contributed by atoms with Gasteiger partial charge in [0, 0.05) is 29.4 Å². The molecule has 0 bridgehead atoms. The Labute approximate surface area is 264 Å². The smallest absolute Gasteiger partial charge is 0.335 e. The highest BCUT2D eigenvalue weighted by Crippen LogP contribution is 2.42. The Morgan fingerprint density at radius 1 is 0.783 bits per heavy atom. The first kappa shape index (κ1) is 34.0. The second-order valence-electron chi connectivity index (χ2n) is 11.4. The number of halogens is 2. The fraction of sp³-hybridized carbons (Fsp3) is 0.286. The fourth-order valence-electron chi connectivity index (χ4n) is 5.55. The van der Waals surface area contributed by atoms with E-state index in [2.05, 4.69) is 5.32 Å². The number of carbonyl (C=O) groups is 3. The molecule has 242 valence electrons. The summed E-state index contributed by atoms with van der Waals surface area (Å²) in [6, 6.07) is 17.1. The molecule has 46 heavy (non-hydrogen) atoms. The minimum Gasteiger partial charge on any atom is -0.481 e. The number of amides is 1. The third kappa shape index (κ3) is 8.23. The summed E-state index contributed by atoms with van der Waals surface area (Å²) in [7, 11) is 0. The summed E-state index contributed by atoms with van der Waals surface area (Å²) < 4.78 is 30.0. The van der Waals surface area contributed by atoms with Crippen LogP contribution in [0.4, 0.5) is 8.78 Å². The molecular weight excluding hydrogens is 598 g/mol. The van der Waals surface area contributed by atoms with Gasteiger partial charge in [-0.2, -0.15) is 0 Å². The van der Waals surface area contributed by atoms with Crippen molar-refractivity contribution in [2.75, 3.05) is 0 Å². The van der Waals surface area contributed by atoms with Gasteiger partial charge in [-0.15, -0.1) is 0 Å². The van der Waals surface area contributed by atoms with Crippen LogP contribution in [0.25, 0.3) is 22.3 Å². The highest BCUT2D eigenvalue weighted by Gasteiger charge is 2.30. The number of carboxylic acid groups (broad SMARTS) is 2. The SMILES string of the molecule is CC(C)n1c(CC[C@@H](O)C[C@@H](O)CC(=O)O)c(-c2ccc(F)cc2)c(-c2ccc(F)cc2)c1C(=O)NCc1ccc(C(=O)O)cc1. The molecule has 0 saturated heterocycles. The molecule has 1 amide bonds. The second kappa shape index (κ2) is 14.9. The zero-order chi connectivity index (χ0) is 33.5. The van der Waals surface area contributed by atoms with Crippen LogP contribution in [-0.4, -0.2) is 55.0 Å². The molecule has 0 aliphatic carbocycles. The maximum absolute atomic E-state index is 14.1. The number of hydrogen-bond acceptors (Lipinski definition) is 5. The molecule has 0 aliphatic heterocycles. The van der Waals surface area contributed by atoms with E-state index < -0.39 is 48.1 Å².